The van der Waals surface area contributed by atoms with Crippen LogP contribution in [0.4, 0.5) is 4.39 Å². The quantitative estimate of drug-likeness (QED) is 0.838. The molecule has 0 aliphatic carbocycles. The zero-order valence-electron chi connectivity index (χ0n) is 13.3. The Kier molecular flexibility index (Phi) is 5.51. The lowest BCUT2D eigenvalue weighted by Gasteiger charge is -2.21. The van der Waals surface area contributed by atoms with Crippen LogP contribution in [0.15, 0.2) is 28.8 Å². The third kappa shape index (κ3) is 4.37. The van der Waals surface area contributed by atoms with Gasteiger partial charge < -0.3 is 4.52 Å². The molecule has 0 atom stereocenters. The van der Waals surface area contributed by atoms with Crippen LogP contribution in [0.1, 0.15) is 29.5 Å². The van der Waals surface area contributed by atoms with Gasteiger partial charge in [0.05, 0.1) is 5.69 Å². The molecule has 0 spiro atoms. The highest BCUT2D eigenvalue weighted by atomic mass is 32.2. The Balaban J connectivity index is 2.09. The van der Waals surface area contributed by atoms with E-state index in [0.29, 0.717) is 17.0 Å². The van der Waals surface area contributed by atoms with E-state index in [0.717, 1.165) is 5.56 Å². The van der Waals surface area contributed by atoms with Gasteiger partial charge >= 0.3 is 0 Å². The van der Waals surface area contributed by atoms with E-state index in [1.54, 1.807) is 32.9 Å². The average Bonchev–Trinajstić information content (AvgIpc) is 2.81. The number of benzene rings is 1. The molecule has 126 valence electrons. The summed E-state index contributed by atoms with van der Waals surface area (Å²) in [7, 11) is -3.70. The third-order valence-corrected chi connectivity index (χ3v) is 5.13. The Labute approximate surface area is 135 Å². The second-order valence-corrected chi connectivity index (χ2v) is 6.94. The van der Waals surface area contributed by atoms with Gasteiger partial charge in [-0.25, -0.2) is 4.39 Å². The Bertz CT molecular complexity index is 755. The van der Waals surface area contributed by atoms with Gasteiger partial charge in [-0.1, -0.05) is 24.2 Å². The number of aryl methyl sites for hydroxylation is 2. The first-order valence-electron chi connectivity index (χ1n) is 7.24. The number of nitrogens with zero attached hydrogens (tertiary/aromatic N) is 2. The molecule has 0 aliphatic rings. The summed E-state index contributed by atoms with van der Waals surface area (Å²) in [6.07, 6.45) is 0. The molecule has 0 saturated heterocycles. The van der Waals surface area contributed by atoms with Crippen molar-refractivity contribution in [1.29, 1.82) is 0 Å². The van der Waals surface area contributed by atoms with Crippen molar-refractivity contribution < 1.29 is 17.3 Å². The van der Waals surface area contributed by atoms with E-state index >= 15 is 0 Å². The van der Waals surface area contributed by atoms with Crippen LogP contribution in [0, 0.1) is 19.7 Å². The summed E-state index contributed by atoms with van der Waals surface area (Å²) < 4.78 is 46.9. The summed E-state index contributed by atoms with van der Waals surface area (Å²) in [6.45, 7) is 5.69. The molecule has 0 radical (unpaired) electrons. The lowest BCUT2D eigenvalue weighted by molar-refractivity contribution is 0.391. The van der Waals surface area contributed by atoms with E-state index in [4.69, 9.17) is 4.52 Å². The molecule has 23 heavy (non-hydrogen) atoms. The molecule has 0 saturated carbocycles. The fourth-order valence-corrected chi connectivity index (χ4v) is 3.38. The van der Waals surface area contributed by atoms with E-state index in [9.17, 15) is 12.8 Å². The summed E-state index contributed by atoms with van der Waals surface area (Å²) in [4.78, 5) is 0. The molecule has 0 amide bonds. The van der Waals surface area contributed by atoms with E-state index in [2.05, 4.69) is 9.88 Å². The van der Waals surface area contributed by atoms with E-state index in [1.807, 2.05) is 0 Å². The van der Waals surface area contributed by atoms with Gasteiger partial charge in [-0.3, -0.25) is 0 Å². The molecule has 0 bridgehead atoms. The van der Waals surface area contributed by atoms with Crippen molar-refractivity contribution in [3.8, 4) is 0 Å². The smallest absolute Gasteiger partial charge is 0.280 e. The zero-order valence-corrected chi connectivity index (χ0v) is 14.2. The summed E-state index contributed by atoms with van der Waals surface area (Å²) in [5, 5.41) is 3.79. The molecule has 1 aromatic heterocycles. The maximum atomic E-state index is 13.2. The van der Waals surface area contributed by atoms with Gasteiger partial charge in [-0.15, -0.1) is 0 Å². The number of hydrogen-bond acceptors (Lipinski definition) is 4. The molecule has 2 aromatic rings. The minimum absolute atomic E-state index is 0.100. The summed E-state index contributed by atoms with van der Waals surface area (Å²) in [6, 6.07) is 5.90. The number of nitrogens with one attached hydrogen (secondary N) is 1. The molecule has 6 nitrogen and oxygen atoms in total. The van der Waals surface area contributed by atoms with E-state index in [-0.39, 0.29) is 25.5 Å². The Hall–Kier alpha value is -1.77. The van der Waals surface area contributed by atoms with Crippen LogP contribution in [0.25, 0.3) is 0 Å². The Morgan fingerprint density at radius 2 is 2.09 bits per heavy atom. The predicted molar refractivity (Wildman–Crippen MR) is 84.2 cm³/mol. The molecule has 1 N–H and O–H groups in total. The van der Waals surface area contributed by atoms with Gasteiger partial charge in [0.2, 0.25) is 0 Å². The summed E-state index contributed by atoms with van der Waals surface area (Å²) >= 11 is 0. The van der Waals surface area contributed by atoms with Crippen LogP contribution in [-0.2, 0) is 23.3 Å². The fraction of sp³-hybridized carbons (Fsp3) is 0.400. The van der Waals surface area contributed by atoms with Crippen molar-refractivity contribution >= 4 is 10.2 Å². The van der Waals surface area contributed by atoms with Crippen molar-refractivity contribution in [3.05, 3.63) is 52.7 Å². The molecule has 1 heterocycles. The van der Waals surface area contributed by atoms with Gasteiger partial charge in [0, 0.05) is 25.2 Å². The summed E-state index contributed by atoms with van der Waals surface area (Å²) in [5.41, 5.74) is 1.96. The molecular formula is C15H20FN3O3S. The largest absolute Gasteiger partial charge is 0.361 e. The van der Waals surface area contributed by atoms with Crippen molar-refractivity contribution in [2.45, 2.75) is 33.9 Å². The zero-order chi connectivity index (χ0) is 17.0. The third-order valence-electron chi connectivity index (χ3n) is 3.55. The second-order valence-electron chi connectivity index (χ2n) is 5.18. The standard InChI is InChI=1S/C15H20FN3O3S/c1-4-19(10-13-6-5-7-14(16)8-13)23(20,21)17-9-15-11(2)18-22-12(15)3/h5-8,17H,4,9-10H2,1-3H3. The van der Waals surface area contributed by atoms with Crippen molar-refractivity contribution in [2.75, 3.05) is 6.54 Å². The maximum Gasteiger partial charge on any atom is 0.280 e. The van der Waals surface area contributed by atoms with Gasteiger partial charge in [0.1, 0.15) is 11.6 Å². The number of aromatic nitrogens is 1. The predicted octanol–water partition coefficient (Wildman–Crippen LogP) is 2.29. The highest BCUT2D eigenvalue weighted by Gasteiger charge is 2.21. The lowest BCUT2D eigenvalue weighted by atomic mass is 10.2. The Morgan fingerprint density at radius 3 is 2.65 bits per heavy atom. The molecular weight excluding hydrogens is 321 g/mol. The first kappa shape index (κ1) is 17.6. The monoisotopic (exact) mass is 341 g/mol. The van der Waals surface area contributed by atoms with Gasteiger partial charge in [-0.2, -0.15) is 17.4 Å². The lowest BCUT2D eigenvalue weighted by Crippen LogP contribution is -2.40. The van der Waals surface area contributed by atoms with Crippen LogP contribution < -0.4 is 4.72 Å². The Morgan fingerprint density at radius 1 is 1.35 bits per heavy atom. The maximum absolute atomic E-state index is 13.2. The van der Waals surface area contributed by atoms with Crippen LogP contribution >= 0.6 is 0 Å². The van der Waals surface area contributed by atoms with Gasteiger partial charge in [0.25, 0.3) is 10.2 Å². The van der Waals surface area contributed by atoms with Crippen molar-refractivity contribution in [2.24, 2.45) is 0 Å². The van der Waals surface area contributed by atoms with Crippen molar-refractivity contribution in [1.82, 2.24) is 14.2 Å². The molecule has 2 rings (SSSR count). The van der Waals surface area contributed by atoms with Gasteiger partial charge in [-0.05, 0) is 31.5 Å². The van der Waals surface area contributed by atoms with E-state index < -0.39 is 10.2 Å². The normalized spacial score (nSPS) is 12.0. The van der Waals surface area contributed by atoms with Crippen molar-refractivity contribution in [3.63, 3.8) is 0 Å². The number of rotatable bonds is 7. The van der Waals surface area contributed by atoms with Crippen LogP contribution in [0.2, 0.25) is 0 Å². The first-order valence-corrected chi connectivity index (χ1v) is 8.68. The van der Waals surface area contributed by atoms with Crippen LogP contribution in [0.5, 0.6) is 0 Å². The molecule has 8 heteroatoms. The van der Waals surface area contributed by atoms with Crippen LogP contribution in [-0.4, -0.2) is 24.4 Å². The molecule has 1 aromatic carbocycles. The molecule has 0 aliphatic heterocycles. The minimum atomic E-state index is -3.70. The van der Waals surface area contributed by atoms with Gasteiger partial charge in [0.15, 0.2) is 0 Å². The highest BCUT2D eigenvalue weighted by molar-refractivity contribution is 7.87. The SMILES string of the molecule is CCN(Cc1cccc(F)c1)S(=O)(=O)NCc1c(C)noc1C. The minimum Gasteiger partial charge on any atom is -0.361 e. The highest BCUT2D eigenvalue weighted by Crippen LogP contribution is 2.14. The topological polar surface area (TPSA) is 75.4 Å². The molecule has 0 fully saturated rings. The first-order chi connectivity index (χ1) is 10.8. The van der Waals surface area contributed by atoms with Crippen LogP contribution in [0.3, 0.4) is 0 Å². The molecule has 0 unspecified atom stereocenters. The number of hydrogen-bond donors (Lipinski definition) is 1. The fourth-order valence-electron chi connectivity index (χ4n) is 2.21. The average molecular weight is 341 g/mol. The number of halogens is 1. The van der Waals surface area contributed by atoms with E-state index in [1.165, 1.54) is 16.4 Å². The summed E-state index contributed by atoms with van der Waals surface area (Å²) in [5.74, 6) is 0.193. The second kappa shape index (κ2) is 7.20.